The highest BCUT2D eigenvalue weighted by atomic mass is 35.5. The number of phenolic OH excluding ortho intramolecular Hbond substituents is 1. The summed E-state index contributed by atoms with van der Waals surface area (Å²) in [5, 5.41) is 10.2. The summed E-state index contributed by atoms with van der Waals surface area (Å²) in [6.07, 6.45) is 2.42. The summed E-state index contributed by atoms with van der Waals surface area (Å²) in [4.78, 5) is 14.9. The van der Waals surface area contributed by atoms with Crippen LogP contribution >= 0.6 is 35.6 Å². The molecule has 0 aliphatic carbocycles. The van der Waals surface area contributed by atoms with Crippen LogP contribution in [-0.2, 0) is 11.2 Å². The Labute approximate surface area is 172 Å². The lowest BCUT2D eigenvalue weighted by Gasteiger charge is -2.14. The van der Waals surface area contributed by atoms with Gasteiger partial charge < -0.3 is 9.84 Å². The molecule has 0 radical (unpaired) electrons. The molecule has 4 nitrogen and oxygen atoms in total. The molecule has 140 valence electrons. The van der Waals surface area contributed by atoms with Crippen LogP contribution in [0.2, 0.25) is 5.02 Å². The third-order valence-electron chi connectivity index (χ3n) is 4.01. The van der Waals surface area contributed by atoms with Crippen LogP contribution in [0.25, 0.3) is 6.08 Å². The van der Waals surface area contributed by atoms with Crippen molar-refractivity contribution < 1.29 is 14.6 Å². The number of hydrogen-bond donors (Lipinski definition) is 1. The lowest BCUT2D eigenvalue weighted by Crippen LogP contribution is -2.30. The Morgan fingerprint density at radius 2 is 2.04 bits per heavy atom. The standard InChI is InChI=1S/C20H18ClNO3S2/c1-2-25-17-10-14(15(21)12-16(17)23)11-18-19(24)22(20(26)27-18)9-8-13-6-4-3-5-7-13/h3-7,10-12,23H,2,8-9H2,1H3/b18-11-. The van der Waals surface area contributed by atoms with Crippen molar-refractivity contribution in [2.45, 2.75) is 13.3 Å². The first-order valence-electron chi connectivity index (χ1n) is 8.44. The largest absolute Gasteiger partial charge is 0.504 e. The Morgan fingerprint density at radius 1 is 1.30 bits per heavy atom. The Balaban J connectivity index is 1.79. The van der Waals surface area contributed by atoms with Gasteiger partial charge in [-0.1, -0.05) is 65.9 Å². The minimum Gasteiger partial charge on any atom is -0.504 e. The lowest BCUT2D eigenvalue weighted by molar-refractivity contribution is -0.122. The maximum absolute atomic E-state index is 12.8. The third kappa shape index (κ3) is 4.64. The number of thiocarbonyl (C=S) groups is 1. The topological polar surface area (TPSA) is 49.8 Å². The van der Waals surface area contributed by atoms with Crippen molar-refractivity contribution in [3.63, 3.8) is 0 Å². The van der Waals surface area contributed by atoms with Crippen LogP contribution in [0.15, 0.2) is 47.4 Å². The number of thioether (sulfide) groups is 1. The van der Waals surface area contributed by atoms with Crippen molar-refractivity contribution in [2.24, 2.45) is 0 Å². The number of rotatable bonds is 6. The molecule has 1 aliphatic heterocycles. The molecule has 1 saturated heterocycles. The highest BCUT2D eigenvalue weighted by molar-refractivity contribution is 8.26. The predicted molar refractivity (Wildman–Crippen MR) is 114 cm³/mol. The molecule has 0 bridgehead atoms. The van der Waals surface area contributed by atoms with Crippen LogP contribution < -0.4 is 4.74 Å². The molecule has 27 heavy (non-hydrogen) atoms. The molecule has 1 amide bonds. The summed E-state index contributed by atoms with van der Waals surface area (Å²) in [5.74, 6) is 0.158. The second-order valence-corrected chi connectivity index (χ2v) is 7.93. The van der Waals surface area contributed by atoms with Crippen molar-refractivity contribution in [2.75, 3.05) is 13.2 Å². The van der Waals surface area contributed by atoms with Crippen molar-refractivity contribution in [1.82, 2.24) is 4.90 Å². The van der Waals surface area contributed by atoms with Gasteiger partial charge >= 0.3 is 0 Å². The number of carbonyl (C=O) groups is 1. The predicted octanol–water partition coefficient (Wildman–Crippen LogP) is 4.89. The molecule has 0 atom stereocenters. The van der Waals surface area contributed by atoms with Gasteiger partial charge in [-0.2, -0.15) is 0 Å². The van der Waals surface area contributed by atoms with E-state index in [1.165, 1.54) is 17.8 Å². The fourth-order valence-corrected chi connectivity index (χ4v) is 4.17. The average Bonchev–Trinajstić information content (AvgIpc) is 2.91. The molecular weight excluding hydrogens is 402 g/mol. The highest BCUT2D eigenvalue weighted by Gasteiger charge is 2.31. The lowest BCUT2D eigenvalue weighted by atomic mass is 10.1. The van der Waals surface area contributed by atoms with E-state index in [0.29, 0.717) is 38.7 Å². The van der Waals surface area contributed by atoms with Gasteiger partial charge in [-0.25, -0.2) is 0 Å². The van der Waals surface area contributed by atoms with Crippen molar-refractivity contribution in [3.8, 4) is 11.5 Å². The molecule has 1 heterocycles. The van der Waals surface area contributed by atoms with Crippen molar-refractivity contribution >= 4 is 51.9 Å². The van der Waals surface area contributed by atoms with Crippen LogP contribution in [0.4, 0.5) is 0 Å². The van der Waals surface area contributed by atoms with Gasteiger partial charge in [0.2, 0.25) is 0 Å². The summed E-state index contributed by atoms with van der Waals surface area (Å²) in [7, 11) is 0. The summed E-state index contributed by atoms with van der Waals surface area (Å²) in [6, 6.07) is 13.0. The van der Waals surface area contributed by atoms with Gasteiger partial charge in [0.25, 0.3) is 5.91 Å². The minimum absolute atomic E-state index is 0.0330. The Kier molecular flexibility index (Phi) is 6.42. The normalized spacial score (nSPS) is 15.6. The third-order valence-corrected chi connectivity index (χ3v) is 5.71. The fourth-order valence-electron chi connectivity index (χ4n) is 2.66. The molecule has 0 unspecified atom stereocenters. The molecule has 2 aromatic rings. The summed E-state index contributed by atoms with van der Waals surface area (Å²) in [5.41, 5.74) is 1.75. The van der Waals surface area contributed by atoms with Crippen LogP contribution in [0.5, 0.6) is 11.5 Å². The van der Waals surface area contributed by atoms with Gasteiger partial charge in [-0.3, -0.25) is 9.69 Å². The van der Waals surface area contributed by atoms with E-state index in [-0.39, 0.29) is 11.7 Å². The zero-order chi connectivity index (χ0) is 19.4. The first kappa shape index (κ1) is 19.7. The van der Waals surface area contributed by atoms with Crippen molar-refractivity contribution in [3.05, 3.63) is 63.5 Å². The maximum Gasteiger partial charge on any atom is 0.266 e. The first-order chi connectivity index (χ1) is 13.0. The van der Waals surface area contributed by atoms with E-state index < -0.39 is 0 Å². The van der Waals surface area contributed by atoms with Crippen LogP contribution in [-0.4, -0.2) is 33.4 Å². The van der Waals surface area contributed by atoms with Crippen molar-refractivity contribution in [1.29, 1.82) is 0 Å². The molecule has 2 aromatic carbocycles. The monoisotopic (exact) mass is 419 g/mol. The number of hydrogen-bond acceptors (Lipinski definition) is 5. The van der Waals surface area contributed by atoms with E-state index in [1.807, 2.05) is 37.3 Å². The number of amides is 1. The van der Waals surface area contributed by atoms with Crippen LogP contribution in [0.1, 0.15) is 18.1 Å². The molecule has 0 spiro atoms. The molecule has 0 saturated carbocycles. The van der Waals surface area contributed by atoms with Gasteiger partial charge in [0.15, 0.2) is 11.5 Å². The van der Waals surface area contributed by atoms with Crippen LogP contribution in [0, 0.1) is 0 Å². The second kappa shape index (κ2) is 8.78. The quantitative estimate of drug-likeness (QED) is 0.533. The number of halogens is 1. The van der Waals surface area contributed by atoms with Gasteiger partial charge in [0.1, 0.15) is 4.32 Å². The summed E-state index contributed by atoms with van der Waals surface area (Å²) < 4.78 is 5.92. The minimum atomic E-state index is -0.136. The number of carbonyl (C=O) groups excluding carboxylic acids is 1. The summed E-state index contributed by atoms with van der Waals surface area (Å²) >= 11 is 12.8. The van der Waals surface area contributed by atoms with Crippen LogP contribution in [0.3, 0.4) is 0 Å². The van der Waals surface area contributed by atoms with Gasteiger partial charge in [0.05, 0.1) is 16.5 Å². The number of aromatic hydroxyl groups is 1. The van der Waals surface area contributed by atoms with E-state index >= 15 is 0 Å². The number of nitrogens with zero attached hydrogens (tertiary/aromatic N) is 1. The van der Waals surface area contributed by atoms with E-state index in [0.717, 1.165) is 12.0 Å². The molecule has 1 aliphatic rings. The molecule has 7 heteroatoms. The molecule has 0 aromatic heterocycles. The zero-order valence-corrected chi connectivity index (χ0v) is 17.0. The average molecular weight is 420 g/mol. The Bertz CT molecular complexity index is 900. The van der Waals surface area contributed by atoms with Gasteiger partial charge in [-0.15, -0.1) is 0 Å². The number of ether oxygens (including phenoxy) is 1. The van der Waals surface area contributed by atoms with E-state index in [9.17, 15) is 9.90 Å². The highest BCUT2D eigenvalue weighted by Crippen LogP contribution is 2.37. The molecular formula is C20H18ClNO3S2. The molecule has 1 fully saturated rings. The van der Waals surface area contributed by atoms with E-state index in [1.54, 1.807) is 17.0 Å². The van der Waals surface area contributed by atoms with E-state index in [2.05, 4.69) is 0 Å². The smallest absolute Gasteiger partial charge is 0.266 e. The summed E-state index contributed by atoms with van der Waals surface area (Å²) in [6.45, 7) is 2.77. The Hall–Kier alpha value is -2.02. The number of benzene rings is 2. The zero-order valence-electron chi connectivity index (χ0n) is 14.6. The second-order valence-electron chi connectivity index (χ2n) is 5.84. The molecule has 1 N–H and O–H groups in total. The SMILES string of the molecule is CCOc1cc(/C=C2\SC(=S)N(CCc3ccccc3)C2=O)c(Cl)cc1O. The first-order valence-corrected chi connectivity index (χ1v) is 10.0. The fraction of sp³-hybridized carbons (Fsp3) is 0.200. The number of phenols is 1. The Morgan fingerprint density at radius 3 is 2.74 bits per heavy atom. The molecule has 3 rings (SSSR count). The van der Waals surface area contributed by atoms with Gasteiger partial charge in [0, 0.05) is 12.6 Å². The maximum atomic E-state index is 12.8. The van der Waals surface area contributed by atoms with E-state index in [4.69, 9.17) is 28.6 Å². The van der Waals surface area contributed by atoms with Gasteiger partial charge in [-0.05, 0) is 36.6 Å².